The molecule has 0 bridgehead atoms. The minimum absolute atomic E-state index is 0.0547. The lowest BCUT2D eigenvalue weighted by Crippen LogP contribution is -2.44. The van der Waals surface area contributed by atoms with Crippen LogP contribution in [0.4, 0.5) is 0 Å². The van der Waals surface area contributed by atoms with Gasteiger partial charge in [0.1, 0.15) is 0 Å². The van der Waals surface area contributed by atoms with Crippen molar-refractivity contribution in [1.82, 2.24) is 9.80 Å². The predicted molar refractivity (Wildman–Crippen MR) is 102 cm³/mol. The molecule has 144 valence electrons. The first-order valence-corrected chi connectivity index (χ1v) is 11.3. The zero-order valence-electron chi connectivity index (χ0n) is 15.4. The molecule has 0 radical (unpaired) electrons. The van der Waals surface area contributed by atoms with Crippen LogP contribution in [0.1, 0.15) is 49.8 Å². The van der Waals surface area contributed by atoms with Gasteiger partial charge in [-0.3, -0.25) is 9.59 Å². The lowest BCUT2D eigenvalue weighted by molar-refractivity contribution is -0.136. The SMILES string of the molecule is CC(=O)N1C=Cc2ccccc2C1CC(=O)N(C1CC1)C1CCS(=O)(=O)C1. The van der Waals surface area contributed by atoms with Crippen LogP contribution >= 0.6 is 0 Å². The molecule has 0 spiro atoms. The summed E-state index contributed by atoms with van der Waals surface area (Å²) in [7, 11) is -3.06. The van der Waals surface area contributed by atoms with Gasteiger partial charge in [0.15, 0.2) is 9.84 Å². The normalized spacial score (nSPS) is 25.9. The Morgan fingerprint density at radius 3 is 2.52 bits per heavy atom. The van der Waals surface area contributed by atoms with Crippen LogP contribution in [0, 0.1) is 0 Å². The van der Waals surface area contributed by atoms with Gasteiger partial charge in [-0.1, -0.05) is 24.3 Å². The highest BCUT2D eigenvalue weighted by Crippen LogP contribution is 2.37. The van der Waals surface area contributed by atoms with Gasteiger partial charge in [-0.15, -0.1) is 0 Å². The summed E-state index contributed by atoms with van der Waals surface area (Å²) in [5, 5.41) is 0. The molecule has 1 saturated heterocycles. The van der Waals surface area contributed by atoms with Crippen LogP contribution in [-0.4, -0.2) is 53.6 Å². The molecule has 7 heteroatoms. The molecule has 0 N–H and O–H groups in total. The van der Waals surface area contributed by atoms with Crippen molar-refractivity contribution in [3.05, 3.63) is 41.6 Å². The van der Waals surface area contributed by atoms with Crippen LogP contribution in [0.3, 0.4) is 0 Å². The number of fused-ring (bicyclic) bond motifs is 1. The van der Waals surface area contributed by atoms with E-state index in [1.54, 1.807) is 11.1 Å². The summed E-state index contributed by atoms with van der Waals surface area (Å²) in [5.74, 6) is 0.0520. The number of hydrogen-bond donors (Lipinski definition) is 0. The molecule has 2 unspecified atom stereocenters. The van der Waals surface area contributed by atoms with Gasteiger partial charge in [0.05, 0.1) is 24.0 Å². The average Bonchev–Trinajstić information content (AvgIpc) is 3.38. The predicted octanol–water partition coefficient (Wildman–Crippen LogP) is 2.13. The van der Waals surface area contributed by atoms with Crippen molar-refractivity contribution in [2.24, 2.45) is 0 Å². The Morgan fingerprint density at radius 2 is 1.89 bits per heavy atom. The fourth-order valence-corrected chi connectivity index (χ4v) is 5.95. The summed E-state index contributed by atoms with van der Waals surface area (Å²) in [5.41, 5.74) is 1.97. The van der Waals surface area contributed by atoms with E-state index in [0.717, 1.165) is 24.0 Å². The second-order valence-corrected chi connectivity index (χ2v) is 9.91. The van der Waals surface area contributed by atoms with Crippen molar-refractivity contribution in [2.75, 3.05) is 11.5 Å². The first-order valence-electron chi connectivity index (χ1n) is 9.43. The molecule has 1 aromatic rings. The maximum atomic E-state index is 13.2. The molecular weight excluding hydrogens is 364 g/mol. The molecule has 3 aliphatic rings. The van der Waals surface area contributed by atoms with Gasteiger partial charge in [0.2, 0.25) is 11.8 Å². The Kier molecular flexibility index (Phi) is 4.58. The quantitative estimate of drug-likeness (QED) is 0.792. The molecule has 2 amide bonds. The molecule has 6 nitrogen and oxygen atoms in total. The van der Waals surface area contributed by atoms with Crippen LogP contribution in [0.2, 0.25) is 0 Å². The number of rotatable bonds is 4. The van der Waals surface area contributed by atoms with E-state index in [4.69, 9.17) is 0 Å². The molecular formula is C20H24N2O4S. The standard InChI is InChI=1S/C20H24N2O4S/c1-14(23)21-10-8-15-4-2-3-5-18(15)19(21)12-20(24)22(16-6-7-16)17-9-11-27(25,26)13-17/h2-5,8,10,16-17,19H,6-7,9,11-13H2,1H3. The van der Waals surface area contributed by atoms with Crippen molar-refractivity contribution in [1.29, 1.82) is 0 Å². The molecule has 1 aromatic carbocycles. The largest absolute Gasteiger partial charge is 0.336 e. The van der Waals surface area contributed by atoms with Gasteiger partial charge in [-0.25, -0.2) is 8.42 Å². The van der Waals surface area contributed by atoms with Crippen molar-refractivity contribution in [2.45, 2.75) is 50.7 Å². The van der Waals surface area contributed by atoms with Crippen LogP contribution in [0.25, 0.3) is 6.08 Å². The molecule has 2 heterocycles. The molecule has 0 aromatic heterocycles. The minimum Gasteiger partial charge on any atom is -0.336 e. The Hall–Kier alpha value is -2.15. The first-order chi connectivity index (χ1) is 12.9. The van der Waals surface area contributed by atoms with E-state index < -0.39 is 9.84 Å². The summed E-state index contributed by atoms with van der Waals surface area (Å²) in [4.78, 5) is 28.8. The molecule has 4 rings (SSSR count). The monoisotopic (exact) mass is 388 g/mol. The van der Waals surface area contributed by atoms with E-state index in [2.05, 4.69) is 0 Å². The van der Waals surface area contributed by atoms with Crippen LogP contribution < -0.4 is 0 Å². The zero-order chi connectivity index (χ0) is 19.2. The lowest BCUT2D eigenvalue weighted by atomic mass is 9.93. The third-order valence-electron chi connectivity index (χ3n) is 5.67. The fraction of sp³-hybridized carbons (Fsp3) is 0.500. The third-order valence-corrected chi connectivity index (χ3v) is 7.42. The van der Waals surface area contributed by atoms with Gasteiger partial charge < -0.3 is 9.80 Å². The highest BCUT2D eigenvalue weighted by Gasteiger charge is 2.43. The smallest absolute Gasteiger partial charge is 0.225 e. The van der Waals surface area contributed by atoms with Gasteiger partial charge >= 0.3 is 0 Å². The highest BCUT2D eigenvalue weighted by molar-refractivity contribution is 7.91. The number of carbonyl (C=O) groups is 2. The topological polar surface area (TPSA) is 74.8 Å². The molecule has 27 heavy (non-hydrogen) atoms. The Bertz CT molecular complexity index is 904. The maximum Gasteiger partial charge on any atom is 0.225 e. The van der Waals surface area contributed by atoms with Crippen LogP contribution in [0.5, 0.6) is 0 Å². The lowest BCUT2D eigenvalue weighted by Gasteiger charge is -2.35. The molecule has 2 aliphatic heterocycles. The fourth-order valence-electron chi connectivity index (χ4n) is 4.24. The van der Waals surface area contributed by atoms with Crippen LogP contribution in [-0.2, 0) is 19.4 Å². The van der Waals surface area contributed by atoms with E-state index >= 15 is 0 Å². The molecule has 2 atom stereocenters. The van der Waals surface area contributed by atoms with E-state index in [9.17, 15) is 18.0 Å². The van der Waals surface area contributed by atoms with E-state index in [0.29, 0.717) is 6.42 Å². The number of nitrogens with zero attached hydrogens (tertiary/aromatic N) is 2. The van der Waals surface area contributed by atoms with Gasteiger partial charge in [-0.2, -0.15) is 0 Å². The Morgan fingerprint density at radius 1 is 1.15 bits per heavy atom. The van der Waals surface area contributed by atoms with Crippen molar-refractivity contribution in [3.8, 4) is 0 Å². The Labute approximate surface area is 159 Å². The summed E-state index contributed by atoms with van der Waals surface area (Å²) in [6.45, 7) is 1.50. The number of benzene rings is 1. The summed E-state index contributed by atoms with van der Waals surface area (Å²) in [6.07, 6.45) is 6.18. The minimum atomic E-state index is -3.06. The van der Waals surface area contributed by atoms with Gasteiger partial charge in [-0.05, 0) is 36.5 Å². The Balaban J connectivity index is 1.59. The summed E-state index contributed by atoms with van der Waals surface area (Å²) in [6, 6.07) is 7.35. The second kappa shape index (κ2) is 6.78. The number of amides is 2. The zero-order valence-corrected chi connectivity index (χ0v) is 16.2. The third kappa shape index (κ3) is 3.65. The maximum absolute atomic E-state index is 13.2. The highest BCUT2D eigenvalue weighted by atomic mass is 32.2. The van der Waals surface area contributed by atoms with Crippen molar-refractivity contribution < 1.29 is 18.0 Å². The van der Waals surface area contributed by atoms with E-state index in [1.807, 2.05) is 35.2 Å². The van der Waals surface area contributed by atoms with Gasteiger partial charge in [0, 0.05) is 25.2 Å². The van der Waals surface area contributed by atoms with Crippen molar-refractivity contribution in [3.63, 3.8) is 0 Å². The average molecular weight is 388 g/mol. The van der Waals surface area contributed by atoms with Crippen LogP contribution in [0.15, 0.2) is 30.5 Å². The first kappa shape index (κ1) is 18.2. The molecule has 1 saturated carbocycles. The van der Waals surface area contributed by atoms with Crippen molar-refractivity contribution >= 4 is 27.7 Å². The summed E-state index contributed by atoms with van der Waals surface area (Å²) >= 11 is 0. The van der Waals surface area contributed by atoms with Gasteiger partial charge in [0.25, 0.3) is 0 Å². The molecule has 1 aliphatic carbocycles. The number of carbonyl (C=O) groups excluding carboxylic acids is 2. The number of hydrogen-bond acceptors (Lipinski definition) is 4. The number of sulfone groups is 1. The van der Waals surface area contributed by atoms with E-state index in [-0.39, 0.29) is 47.9 Å². The molecule has 2 fully saturated rings. The van der Waals surface area contributed by atoms with E-state index in [1.165, 1.54) is 6.92 Å². The summed E-state index contributed by atoms with van der Waals surface area (Å²) < 4.78 is 23.8. The second-order valence-electron chi connectivity index (χ2n) is 7.68.